The Labute approximate surface area is 71.5 Å². The van der Waals surface area contributed by atoms with E-state index in [1.165, 1.54) is 0 Å². The Balaban J connectivity index is 2.61. The van der Waals surface area contributed by atoms with Gasteiger partial charge >= 0.3 is 0 Å². The molecule has 12 heavy (non-hydrogen) atoms. The zero-order chi connectivity index (χ0) is 8.60. The van der Waals surface area contributed by atoms with E-state index >= 15 is 0 Å². The van der Waals surface area contributed by atoms with Gasteiger partial charge in [-0.1, -0.05) is 30.4 Å². The maximum atomic E-state index is 11.4. The largest absolute Gasteiger partial charge is 0.223 e. The Hall–Kier alpha value is -1.09. The Kier molecular flexibility index (Phi) is 1.54. The quantitative estimate of drug-likeness (QED) is 0.564. The summed E-state index contributed by atoms with van der Waals surface area (Å²) in [5, 5.41) is 0. The van der Waals surface area contributed by atoms with E-state index in [1.807, 2.05) is 18.2 Å². The molecule has 2 rings (SSSR count). The molecular weight excluding hydrogens is 172 g/mol. The third-order valence-corrected chi connectivity index (χ3v) is 3.54. The lowest BCUT2D eigenvalue weighted by molar-refractivity contribution is 0.607. The Morgan fingerprint density at radius 1 is 1.17 bits per heavy atom. The van der Waals surface area contributed by atoms with Crippen molar-refractivity contribution in [3.05, 3.63) is 46.9 Å². The Morgan fingerprint density at radius 2 is 2.00 bits per heavy atom. The molecule has 2 nitrogen and oxygen atoms in total. The number of hydrogen-bond donors (Lipinski definition) is 0. The second kappa shape index (κ2) is 2.45. The smallest absolute Gasteiger partial charge is 0.182 e. The van der Waals surface area contributed by atoms with Gasteiger partial charge in [0, 0.05) is 0 Å². The van der Waals surface area contributed by atoms with Gasteiger partial charge in [-0.2, -0.15) is 0 Å². The van der Waals surface area contributed by atoms with Crippen molar-refractivity contribution >= 4 is 9.84 Å². The molecule has 0 saturated heterocycles. The molecule has 0 aromatic rings. The molecule has 0 N–H and O–H groups in total. The van der Waals surface area contributed by atoms with Crippen molar-refractivity contribution in [2.75, 3.05) is 5.75 Å². The minimum Gasteiger partial charge on any atom is -0.223 e. The van der Waals surface area contributed by atoms with Crippen LogP contribution in [0.1, 0.15) is 0 Å². The van der Waals surface area contributed by atoms with Crippen LogP contribution in [0.25, 0.3) is 0 Å². The van der Waals surface area contributed by atoms with Gasteiger partial charge in [-0.25, -0.2) is 8.42 Å². The van der Waals surface area contributed by atoms with Gasteiger partial charge in [-0.05, 0) is 11.6 Å². The molecule has 62 valence electrons. The van der Waals surface area contributed by atoms with Crippen molar-refractivity contribution in [2.45, 2.75) is 0 Å². The van der Waals surface area contributed by atoms with Crippen molar-refractivity contribution in [1.82, 2.24) is 0 Å². The van der Waals surface area contributed by atoms with Crippen LogP contribution >= 0.6 is 0 Å². The van der Waals surface area contributed by atoms with Crippen molar-refractivity contribution in [3.8, 4) is 0 Å². The van der Waals surface area contributed by atoms with Crippen LogP contribution in [-0.2, 0) is 9.84 Å². The number of sulfone groups is 1. The third-order valence-electron chi connectivity index (χ3n) is 1.89. The van der Waals surface area contributed by atoms with Crippen molar-refractivity contribution < 1.29 is 8.42 Å². The second-order valence-corrected chi connectivity index (χ2v) is 4.72. The van der Waals surface area contributed by atoms with Crippen molar-refractivity contribution in [2.24, 2.45) is 0 Å². The summed E-state index contributed by atoms with van der Waals surface area (Å²) in [6.07, 6.45) is 10.6. The lowest BCUT2D eigenvalue weighted by Gasteiger charge is -1.96. The molecular formula is C9H8O2S. The molecule has 0 amide bonds. The van der Waals surface area contributed by atoms with Crippen LogP contribution in [0.4, 0.5) is 0 Å². The fourth-order valence-corrected chi connectivity index (χ4v) is 2.66. The summed E-state index contributed by atoms with van der Waals surface area (Å²) in [5.74, 6) is 0.145. The molecule has 0 saturated carbocycles. The van der Waals surface area contributed by atoms with Gasteiger partial charge in [0.15, 0.2) is 9.84 Å². The van der Waals surface area contributed by atoms with Crippen LogP contribution in [-0.4, -0.2) is 14.2 Å². The summed E-state index contributed by atoms with van der Waals surface area (Å²) in [4.78, 5) is 0.451. The zero-order valence-electron chi connectivity index (χ0n) is 6.40. The average molecular weight is 180 g/mol. The zero-order valence-corrected chi connectivity index (χ0v) is 7.21. The first-order valence-electron chi connectivity index (χ1n) is 3.68. The summed E-state index contributed by atoms with van der Waals surface area (Å²) >= 11 is 0. The van der Waals surface area contributed by atoms with Crippen molar-refractivity contribution in [1.29, 1.82) is 0 Å². The standard InChI is InChI=1S/C9H8O2S/c10-12(11)7-6-8-4-2-1-3-5-9(8)12/h1-6H,7H2. The minimum absolute atomic E-state index is 0.145. The highest BCUT2D eigenvalue weighted by Gasteiger charge is 2.24. The van der Waals surface area contributed by atoms with Gasteiger partial charge in [0.05, 0.1) is 10.7 Å². The molecule has 0 radical (unpaired) electrons. The van der Waals surface area contributed by atoms with Crippen LogP contribution in [0.5, 0.6) is 0 Å². The number of hydrogen-bond acceptors (Lipinski definition) is 2. The van der Waals surface area contributed by atoms with Crippen LogP contribution in [0.15, 0.2) is 46.9 Å². The van der Waals surface area contributed by atoms with E-state index in [1.54, 1.807) is 18.2 Å². The highest BCUT2D eigenvalue weighted by Crippen LogP contribution is 2.27. The SMILES string of the molecule is O=S1(=O)CC=C2C=CC=CC=C21. The summed E-state index contributed by atoms with van der Waals surface area (Å²) < 4.78 is 22.7. The number of allylic oxidation sites excluding steroid dienone is 6. The van der Waals surface area contributed by atoms with Crippen LogP contribution < -0.4 is 0 Å². The van der Waals surface area contributed by atoms with Gasteiger partial charge in [0.1, 0.15) is 0 Å². The van der Waals surface area contributed by atoms with E-state index in [-0.39, 0.29) is 5.75 Å². The highest BCUT2D eigenvalue weighted by molar-refractivity contribution is 7.96. The third kappa shape index (κ3) is 1.06. The molecule has 0 unspecified atom stereocenters. The van der Waals surface area contributed by atoms with E-state index in [2.05, 4.69) is 0 Å². The lowest BCUT2D eigenvalue weighted by Crippen LogP contribution is -2.00. The highest BCUT2D eigenvalue weighted by atomic mass is 32.2. The first-order chi connectivity index (χ1) is 5.70. The van der Waals surface area contributed by atoms with Crippen LogP contribution in [0.3, 0.4) is 0 Å². The fourth-order valence-electron chi connectivity index (χ4n) is 1.29. The monoisotopic (exact) mass is 180 g/mol. The molecule has 2 aliphatic rings. The van der Waals surface area contributed by atoms with E-state index in [9.17, 15) is 8.42 Å². The topological polar surface area (TPSA) is 34.1 Å². The molecule has 0 spiro atoms. The van der Waals surface area contributed by atoms with E-state index < -0.39 is 9.84 Å². The molecule has 1 aliphatic heterocycles. The van der Waals surface area contributed by atoms with Gasteiger partial charge < -0.3 is 0 Å². The molecule has 0 atom stereocenters. The van der Waals surface area contributed by atoms with Gasteiger partial charge in [-0.15, -0.1) is 0 Å². The molecule has 3 heteroatoms. The molecule has 0 aromatic carbocycles. The predicted molar refractivity (Wildman–Crippen MR) is 48.2 cm³/mol. The molecule has 0 aromatic heterocycles. The summed E-state index contributed by atoms with van der Waals surface area (Å²) in [7, 11) is -3.00. The fraction of sp³-hybridized carbons (Fsp3) is 0.111. The van der Waals surface area contributed by atoms with Crippen LogP contribution in [0.2, 0.25) is 0 Å². The molecule has 1 heterocycles. The van der Waals surface area contributed by atoms with E-state index in [4.69, 9.17) is 0 Å². The Morgan fingerprint density at radius 3 is 2.83 bits per heavy atom. The minimum atomic E-state index is -3.00. The first-order valence-corrected chi connectivity index (χ1v) is 5.34. The summed E-state index contributed by atoms with van der Waals surface area (Å²) in [6.45, 7) is 0. The summed E-state index contributed by atoms with van der Waals surface area (Å²) in [6, 6.07) is 0. The first kappa shape index (κ1) is 7.55. The summed E-state index contributed by atoms with van der Waals surface area (Å²) in [5.41, 5.74) is 0.819. The lowest BCUT2D eigenvalue weighted by atomic mass is 10.2. The Bertz CT molecular complexity index is 419. The maximum absolute atomic E-state index is 11.4. The second-order valence-electron chi connectivity index (χ2n) is 2.72. The van der Waals surface area contributed by atoms with Crippen LogP contribution in [0, 0.1) is 0 Å². The van der Waals surface area contributed by atoms with E-state index in [0.29, 0.717) is 4.91 Å². The van der Waals surface area contributed by atoms with Gasteiger partial charge in [0.25, 0.3) is 0 Å². The normalized spacial score (nSPS) is 24.3. The molecule has 0 bridgehead atoms. The average Bonchev–Trinajstić information content (AvgIpc) is 2.27. The van der Waals surface area contributed by atoms with Gasteiger partial charge in [0.2, 0.25) is 0 Å². The predicted octanol–water partition coefficient (Wildman–Crippen LogP) is 1.35. The van der Waals surface area contributed by atoms with E-state index in [0.717, 1.165) is 5.57 Å². The maximum Gasteiger partial charge on any atom is 0.182 e. The molecule has 1 aliphatic carbocycles. The number of rotatable bonds is 0. The molecule has 0 fully saturated rings. The number of fused-ring (bicyclic) bond motifs is 1. The van der Waals surface area contributed by atoms with Gasteiger partial charge in [-0.3, -0.25) is 0 Å². The van der Waals surface area contributed by atoms with Crippen molar-refractivity contribution in [3.63, 3.8) is 0 Å².